The summed E-state index contributed by atoms with van der Waals surface area (Å²) in [5, 5.41) is 0. The van der Waals surface area contributed by atoms with Crippen molar-refractivity contribution in [2.45, 2.75) is 46.0 Å². The molecule has 0 fully saturated rings. The van der Waals surface area contributed by atoms with Gasteiger partial charge in [0, 0.05) is 11.8 Å². The summed E-state index contributed by atoms with van der Waals surface area (Å²) in [6, 6.07) is 11.7. The average Bonchev–Trinajstić information content (AvgIpc) is 2.51. The molecular formula is C19H23NO. The molecule has 110 valence electrons. The molecule has 1 aromatic heterocycles. The molecule has 2 heteroatoms. The first-order chi connectivity index (χ1) is 10.2. The lowest BCUT2D eigenvalue weighted by atomic mass is 10.0. The molecule has 2 rings (SSSR count). The number of carbonyl (C=O) groups is 1. The molecule has 0 unspecified atom stereocenters. The Labute approximate surface area is 127 Å². The number of nitrogens with zero attached hydrogens (tertiary/aromatic N) is 1. The summed E-state index contributed by atoms with van der Waals surface area (Å²) in [7, 11) is 0. The minimum atomic E-state index is -0.00349. The highest BCUT2D eigenvalue weighted by Gasteiger charge is 2.10. The van der Waals surface area contributed by atoms with Crippen molar-refractivity contribution in [3.63, 3.8) is 0 Å². The van der Waals surface area contributed by atoms with E-state index in [1.54, 1.807) is 6.20 Å². The fourth-order valence-corrected chi connectivity index (χ4v) is 2.39. The molecule has 1 aromatic carbocycles. The highest BCUT2D eigenvalue weighted by molar-refractivity contribution is 6.07. The van der Waals surface area contributed by atoms with Crippen LogP contribution in [0, 0.1) is 6.92 Å². The van der Waals surface area contributed by atoms with Gasteiger partial charge >= 0.3 is 0 Å². The fourth-order valence-electron chi connectivity index (χ4n) is 2.39. The van der Waals surface area contributed by atoms with Crippen LogP contribution in [0.1, 0.15) is 59.8 Å². The van der Waals surface area contributed by atoms with Crippen molar-refractivity contribution < 1.29 is 4.79 Å². The quantitative estimate of drug-likeness (QED) is 0.542. The third kappa shape index (κ3) is 4.52. The van der Waals surface area contributed by atoms with Crippen LogP contribution in [0.2, 0.25) is 0 Å². The van der Waals surface area contributed by atoms with Crippen molar-refractivity contribution in [1.82, 2.24) is 4.98 Å². The van der Waals surface area contributed by atoms with Gasteiger partial charge in [-0.05, 0) is 43.0 Å². The van der Waals surface area contributed by atoms with E-state index in [1.807, 2.05) is 31.2 Å². The predicted octanol–water partition coefficient (Wildman–Crippen LogP) is 4.74. The van der Waals surface area contributed by atoms with Crippen LogP contribution in [0.5, 0.6) is 0 Å². The van der Waals surface area contributed by atoms with Crippen molar-refractivity contribution in [1.29, 1.82) is 0 Å². The van der Waals surface area contributed by atoms with Gasteiger partial charge in [-0.3, -0.25) is 9.78 Å². The summed E-state index contributed by atoms with van der Waals surface area (Å²) in [4.78, 5) is 16.5. The van der Waals surface area contributed by atoms with E-state index < -0.39 is 0 Å². The Bertz CT molecular complexity index is 587. The highest BCUT2D eigenvalue weighted by atomic mass is 16.1. The maximum absolute atomic E-state index is 12.3. The van der Waals surface area contributed by atoms with Crippen molar-refractivity contribution in [2.24, 2.45) is 0 Å². The monoisotopic (exact) mass is 281 g/mol. The number of ketones is 1. The Balaban J connectivity index is 2.00. The zero-order chi connectivity index (χ0) is 15.1. The molecule has 2 aromatic rings. The largest absolute Gasteiger partial charge is 0.287 e. The van der Waals surface area contributed by atoms with Gasteiger partial charge in [0.2, 0.25) is 5.78 Å². The molecule has 0 radical (unpaired) electrons. The van der Waals surface area contributed by atoms with Crippen molar-refractivity contribution in [2.75, 3.05) is 0 Å². The van der Waals surface area contributed by atoms with Crippen molar-refractivity contribution in [3.05, 3.63) is 65.0 Å². The van der Waals surface area contributed by atoms with E-state index in [2.05, 4.69) is 24.0 Å². The van der Waals surface area contributed by atoms with Crippen LogP contribution in [-0.4, -0.2) is 10.8 Å². The SMILES string of the molecule is CCCCCCc1ccc(C(=O)c2cc(C)ccn2)cc1. The average molecular weight is 281 g/mol. The van der Waals surface area contributed by atoms with E-state index in [0.717, 1.165) is 12.0 Å². The number of unbranched alkanes of at least 4 members (excludes halogenated alkanes) is 3. The van der Waals surface area contributed by atoms with E-state index >= 15 is 0 Å². The molecule has 0 N–H and O–H groups in total. The van der Waals surface area contributed by atoms with E-state index in [0.29, 0.717) is 11.3 Å². The topological polar surface area (TPSA) is 30.0 Å². The van der Waals surface area contributed by atoms with Gasteiger partial charge in [-0.15, -0.1) is 0 Å². The minimum absolute atomic E-state index is 0.00349. The van der Waals surface area contributed by atoms with Crippen molar-refractivity contribution in [3.8, 4) is 0 Å². The van der Waals surface area contributed by atoms with Crippen LogP contribution in [0.15, 0.2) is 42.6 Å². The molecule has 0 aliphatic rings. The van der Waals surface area contributed by atoms with Crippen LogP contribution in [0.25, 0.3) is 0 Å². The van der Waals surface area contributed by atoms with Gasteiger partial charge in [0.25, 0.3) is 0 Å². The zero-order valence-corrected chi connectivity index (χ0v) is 12.9. The summed E-state index contributed by atoms with van der Waals surface area (Å²) in [5.41, 5.74) is 3.59. The lowest BCUT2D eigenvalue weighted by Crippen LogP contribution is -2.04. The third-order valence-electron chi connectivity index (χ3n) is 3.68. The number of hydrogen-bond acceptors (Lipinski definition) is 2. The van der Waals surface area contributed by atoms with E-state index in [9.17, 15) is 4.79 Å². The molecule has 0 bridgehead atoms. The first-order valence-corrected chi connectivity index (χ1v) is 7.77. The Morgan fingerprint density at radius 1 is 1.05 bits per heavy atom. The first-order valence-electron chi connectivity index (χ1n) is 7.77. The van der Waals surface area contributed by atoms with Crippen LogP contribution >= 0.6 is 0 Å². The maximum atomic E-state index is 12.3. The van der Waals surface area contributed by atoms with Crippen LogP contribution in [-0.2, 0) is 6.42 Å². The number of carbonyl (C=O) groups excluding carboxylic acids is 1. The first kappa shape index (κ1) is 15.4. The van der Waals surface area contributed by atoms with Gasteiger partial charge in [0.15, 0.2) is 0 Å². The Kier molecular flexibility index (Phi) is 5.68. The number of aryl methyl sites for hydroxylation is 2. The van der Waals surface area contributed by atoms with Gasteiger partial charge in [0.1, 0.15) is 5.69 Å². The normalized spacial score (nSPS) is 10.6. The molecule has 1 heterocycles. The third-order valence-corrected chi connectivity index (χ3v) is 3.68. The summed E-state index contributed by atoms with van der Waals surface area (Å²) in [6.45, 7) is 4.19. The summed E-state index contributed by atoms with van der Waals surface area (Å²) >= 11 is 0. The molecule has 21 heavy (non-hydrogen) atoms. The number of aromatic nitrogens is 1. The van der Waals surface area contributed by atoms with Gasteiger partial charge in [0.05, 0.1) is 0 Å². The van der Waals surface area contributed by atoms with Crippen LogP contribution in [0.3, 0.4) is 0 Å². The fraction of sp³-hybridized carbons (Fsp3) is 0.368. The molecule has 0 amide bonds. The van der Waals surface area contributed by atoms with Crippen molar-refractivity contribution >= 4 is 5.78 Å². The van der Waals surface area contributed by atoms with Gasteiger partial charge in [-0.1, -0.05) is 50.5 Å². The number of benzene rings is 1. The summed E-state index contributed by atoms with van der Waals surface area (Å²) in [6.07, 6.45) is 7.85. The number of rotatable bonds is 7. The molecule has 2 nitrogen and oxygen atoms in total. The second-order valence-electron chi connectivity index (χ2n) is 5.56. The molecule has 0 aliphatic carbocycles. The molecule has 0 atom stereocenters. The van der Waals surface area contributed by atoms with E-state index in [1.165, 1.54) is 31.2 Å². The zero-order valence-electron chi connectivity index (χ0n) is 12.9. The van der Waals surface area contributed by atoms with E-state index in [4.69, 9.17) is 0 Å². The van der Waals surface area contributed by atoms with Gasteiger partial charge < -0.3 is 0 Å². The van der Waals surface area contributed by atoms with Crippen LogP contribution < -0.4 is 0 Å². The predicted molar refractivity (Wildman–Crippen MR) is 86.7 cm³/mol. The van der Waals surface area contributed by atoms with E-state index in [-0.39, 0.29) is 5.78 Å². The molecule has 0 spiro atoms. The Morgan fingerprint density at radius 3 is 2.48 bits per heavy atom. The van der Waals surface area contributed by atoms with Crippen LogP contribution in [0.4, 0.5) is 0 Å². The lowest BCUT2D eigenvalue weighted by Gasteiger charge is -2.04. The molecule has 0 aliphatic heterocycles. The lowest BCUT2D eigenvalue weighted by molar-refractivity contribution is 0.103. The Hall–Kier alpha value is -1.96. The standard InChI is InChI=1S/C19H23NO/c1-3-4-5-6-7-16-8-10-17(11-9-16)19(21)18-14-15(2)12-13-20-18/h8-14H,3-7H2,1-2H3. The second-order valence-corrected chi connectivity index (χ2v) is 5.56. The molecular weight excluding hydrogens is 258 g/mol. The summed E-state index contributed by atoms with van der Waals surface area (Å²) < 4.78 is 0. The highest BCUT2D eigenvalue weighted by Crippen LogP contribution is 2.13. The number of pyridine rings is 1. The summed E-state index contributed by atoms with van der Waals surface area (Å²) in [5.74, 6) is -0.00349. The minimum Gasteiger partial charge on any atom is -0.287 e. The Morgan fingerprint density at radius 2 is 1.81 bits per heavy atom. The smallest absolute Gasteiger partial charge is 0.211 e. The number of hydrogen-bond donors (Lipinski definition) is 0. The molecule has 0 saturated carbocycles. The van der Waals surface area contributed by atoms with Gasteiger partial charge in [-0.25, -0.2) is 0 Å². The van der Waals surface area contributed by atoms with Gasteiger partial charge in [-0.2, -0.15) is 0 Å². The maximum Gasteiger partial charge on any atom is 0.211 e. The molecule has 0 saturated heterocycles. The second kappa shape index (κ2) is 7.72.